The van der Waals surface area contributed by atoms with Gasteiger partial charge in [0, 0.05) is 6.42 Å². The van der Waals surface area contributed by atoms with Crippen molar-refractivity contribution in [2.45, 2.75) is 33.3 Å². The standard InChI is InChI=1S/C22H26O6/c1-22(2,3)21(25)28-15-8-6-14(7-9-15)12-18(23)20(24)17-13-16(26-4)10-11-19(17)27-5/h6-11,13,18,23H,12H2,1-5H3/t18-/m0/s1. The third kappa shape index (κ3) is 5.33. The highest BCUT2D eigenvalue weighted by Gasteiger charge is 2.24. The van der Waals surface area contributed by atoms with E-state index in [4.69, 9.17) is 14.2 Å². The minimum Gasteiger partial charge on any atom is -0.497 e. The molecule has 0 saturated carbocycles. The molecular weight excluding hydrogens is 360 g/mol. The van der Waals surface area contributed by atoms with E-state index in [9.17, 15) is 14.7 Å². The second-order valence-electron chi connectivity index (χ2n) is 7.43. The zero-order valence-electron chi connectivity index (χ0n) is 16.8. The van der Waals surface area contributed by atoms with Crippen molar-refractivity contribution < 1.29 is 28.9 Å². The van der Waals surface area contributed by atoms with Gasteiger partial charge in [-0.25, -0.2) is 0 Å². The third-order valence-corrected chi connectivity index (χ3v) is 4.15. The minimum absolute atomic E-state index is 0.118. The second-order valence-corrected chi connectivity index (χ2v) is 7.43. The topological polar surface area (TPSA) is 82.1 Å². The van der Waals surface area contributed by atoms with Gasteiger partial charge >= 0.3 is 5.97 Å². The molecule has 0 radical (unpaired) electrons. The highest BCUT2D eigenvalue weighted by molar-refractivity contribution is 6.02. The molecule has 0 aliphatic carbocycles. The molecule has 0 saturated heterocycles. The first-order valence-electron chi connectivity index (χ1n) is 8.91. The van der Waals surface area contributed by atoms with Crippen LogP contribution < -0.4 is 14.2 Å². The zero-order chi connectivity index (χ0) is 20.9. The van der Waals surface area contributed by atoms with Gasteiger partial charge in [-0.2, -0.15) is 0 Å². The monoisotopic (exact) mass is 386 g/mol. The van der Waals surface area contributed by atoms with Gasteiger partial charge in [-0.3, -0.25) is 9.59 Å². The van der Waals surface area contributed by atoms with Crippen molar-refractivity contribution in [3.8, 4) is 17.2 Å². The van der Waals surface area contributed by atoms with Crippen molar-refractivity contribution in [3.63, 3.8) is 0 Å². The van der Waals surface area contributed by atoms with Gasteiger partial charge in [0.2, 0.25) is 0 Å². The molecule has 0 amide bonds. The van der Waals surface area contributed by atoms with Crippen LogP contribution in [0.4, 0.5) is 0 Å². The van der Waals surface area contributed by atoms with E-state index in [0.29, 0.717) is 17.2 Å². The van der Waals surface area contributed by atoms with Crippen LogP contribution in [0.1, 0.15) is 36.7 Å². The van der Waals surface area contributed by atoms with Gasteiger partial charge < -0.3 is 19.3 Å². The molecule has 1 N–H and O–H groups in total. The Labute approximate surface area is 165 Å². The Morgan fingerprint density at radius 2 is 1.57 bits per heavy atom. The summed E-state index contributed by atoms with van der Waals surface area (Å²) < 4.78 is 15.7. The fourth-order valence-electron chi connectivity index (χ4n) is 2.46. The third-order valence-electron chi connectivity index (χ3n) is 4.15. The molecule has 0 fully saturated rings. The molecule has 0 aliphatic heterocycles. The SMILES string of the molecule is COc1ccc(OC)c(C(=O)[C@@H](O)Cc2ccc(OC(=O)C(C)(C)C)cc2)c1. The van der Waals surface area contributed by atoms with Crippen LogP contribution in [-0.4, -0.2) is 37.2 Å². The smallest absolute Gasteiger partial charge is 0.316 e. The number of methoxy groups -OCH3 is 2. The van der Waals surface area contributed by atoms with Crippen LogP contribution in [0, 0.1) is 5.41 Å². The number of aliphatic hydroxyl groups is 1. The molecule has 6 nitrogen and oxygen atoms in total. The number of Topliss-reactive ketones (excluding diaryl/α,β-unsaturated/α-hetero) is 1. The van der Waals surface area contributed by atoms with Gasteiger partial charge in [0.25, 0.3) is 0 Å². The molecular formula is C22H26O6. The summed E-state index contributed by atoms with van der Waals surface area (Å²) in [7, 11) is 2.96. The quantitative estimate of drug-likeness (QED) is 0.446. The highest BCUT2D eigenvalue weighted by Crippen LogP contribution is 2.26. The molecule has 6 heteroatoms. The van der Waals surface area contributed by atoms with Crippen molar-refractivity contribution in [1.82, 2.24) is 0 Å². The lowest BCUT2D eigenvalue weighted by Gasteiger charge is -2.16. The number of esters is 1. The van der Waals surface area contributed by atoms with Crippen LogP contribution in [0.5, 0.6) is 17.2 Å². The van der Waals surface area contributed by atoms with E-state index in [1.165, 1.54) is 14.2 Å². The lowest BCUT2D eigenvalue weighted by molar-refractivity contribution is -0.143. The maximum Gasteiger partial charge on any atom is 0.316 e. The number of carbonyl (C=O) groups excluding carboxylic acids is 2. The summed E-state index contributed by atoms with van der Waals surface area (Å²) in [6.45, 7) is 5.33. The molecule has 0 spiro atoms. The van der Waals surface area contributed by atoms with Gasteiger partial charge in [0.15, 0.2) is 5.78 Å². The molecule has 0 unspecified atom stereocenters. The predicted octanol–water partition coefficient (Wildman–Crippen LogP) is 3.44. The summed E-state index contributed by atoms with van der Waals surface area (Å²) in [5.41, 5.74) is 0.389. The van der Waals surface area contributed by atoms with Crippen molar-refractivity contribution in [1.29, 1.82) is 0 Å². The maximum absolute atomic E-state index is 12.7. The van der Waals surface area contributed by atoms with Crippen molar-refractivity contribution in [2.75, 3.05) is 14.2 Å². The van der Waals surface area contributed by atoms with Crippen LogP contribution in [0.15, 0.2) is 42.5 Å². The molecule has 1 atom stereocenters. The average molecular weight is 386 g/mol. The fraction of sp³-hybridized carbons (Fsp3) is 0.364. The number of hydrogen-bond donors (Lipinski definition) is 1. The Morgan fingerprint density at radius 1 is 0.964 bits per heavy atom. The number of hydrogen-bond acceptors (Lipinski definition) is 6. The minimum atomic E-state index is -1.25. The average Bonchev–Trinajstić information content (AvgIpc) is 2.67. The van der Waals surface area contributed by atoms with Gasteiger partial charge in [-0.1, -0.05) is 12.1 Å². The molecule has 28 heavy (non-hydrogen) atoms. The Hall–Kier alpha value is -2.86. The number of ketones is 1. The van der Waals surface area contributed by atoms with Gasteiger partial charge in [0.05, 0.1) is 25.2 Å². The normalized spacial score (nSPS) is 12.2. The van der Waals surface area contributed by atoms with E-state index in [1.54, 1.807) is 63.2 Å². The van der Waals surface area contributed by atoms with E-state index in [1.807, 2.05) is 0 Å². The number of aliphatic hydroxyl groups excluding tert-OH is 1. The van der Waals surface area contributed by atoms with Crippen LogP contribution in [0.2, 0.25) is 0 Å². The summed E-state index contributed by atoms with van der Waals surface area (Å²) in [4.78, 5) is 24.6. The summed E-state index contributed by atoms with van der Waals surface area (Å²) in [5, 5.41) is 10.4. The van der Waals surface area contributed by atoms with Crippen LogP contribution in [-0.2, 0) is 11.2 Å². The van der Waals surface area contributed by atoms with Gasteiger partial charge in [-0.15, -0.1) is 0 Å². The first-order valence-corrected chi connectivity index (χ1v) is 8.91. The molecule has 0 aromatic heterocycles. The Kier molecular flexibility index (Phi) is 6.80. The maximum atomic E-state index is 12.7. The first-order chi connectivity index (χ1) is 13.2. The summed E-state index contributed by atoms with van der Waals surface area (Å²) >= 11 is 0. The molecule has 2 aromatic rings. The van der Waals surface area contributed by atoms with Gasteiger partial charge in [-0.05, 0) is 56.7 Å². The number of ether oxygens (including phenoxy) is 3. The first kappa shape index (κ1) is 21.4. The van der Waals surface area contributed by atoms with Crippen molar-refractivity contribution in [2.24, 2.45) is 5.41 Å². The molecule has 2 rings (SSSR count). The van der Waals surface area contributed by atoms with Crippen molar-refractivity contribution in [3.05, 3.63) is 53.6 Å². The van der Waals surface area contributed by atoms with E-state index in [2.05, 4.69) is 0 Å². The van der Waals surface area contributed by atoms with Crippen LogP contribution in [0.25, 0.3) is 0 Å². The summed E-state index contributed by atoms with van der Waals surface area (Å²) in [6, 6.07) is 11.6. The molecule has 2 aromatic carbocycles. The number of carbonyl (C=O) groups is 2. The van der Waals surface area contributed by atoms with E-state index in [0.717, 1.165) is 5.56 Å². The Bertz CT molecular complexity index is 833. The van der Waals surface area contributed by atoms with E-state index in [-0.39, 0.29) is 18.0 Å². The van der Waals surface area contributed by atoms with Crippen LogP contribution in [0.3, 0.4) is 0 Å². The molecule has 0 aliphatic rings. The Morgan fingerprint density at radius 3 is 2.11 bits per heavy atom. The summed E-state index contributed by atoms with van der Waals surface area (Å²) in [6.07, 6.45) is -1.13. The predicted molar refractivity (Wildman–Crippen MR) is 105 cm³/mol. The number of rotatable bonds is 7. The van der Waals surface area contributed by atoms with Crippen LogP contribution >= 0.6 is 0 Å². The Balaban J connectivity index is 2.09. The largest absolute Gasteiger partial charge is 0.497 e. The van der Waals surface area contributed by atoms with E-state index >= 15 is 0 Å². The lowest BCUT2D eigenvalue weighted by atomic mass is 9.97. The zero-order valence-corrected chi connectivity index (χ0v) is 16.8. The molecule has 0 heterocycles. The highest BCUT2D eigenvalue weighted by atomic mass is 16.5. The van der Waals surface area contributed by atoms with Gasteiger partial charge in [0.1, 0.15) is 23.4 Å². The van der Waals surface area contributed by atoms with Crippen molar-refractivity contribution >= 4 is 11.8 Å². The number of benzene rings is 2. The summed E-state index contributed by atoms with van der Waals surface area (Å²) in [5.74, 6) is 0.495. The second kappa shape index (κ2) is 8.89. The molecule has 150 valence electrons. The lowest BCUT2D eigenvalue weighted by Crippen LogP contribution is -2.25. The van der Waals surface area contributed by atoms with E-state index < -0.39 is 17.3 Å². The molecule has 0 bridgehead atoms. The fourth-order valence-corrected chi connectivity index (χ4v) is 2.46.